The Morgan fingerprint density at radius 2 is 2.10 bits per heavy atom. The molecule has 5 nitrogen and oxygen atoms in total. The molecule has 0 radical (unpaired) electrons. The van der Waals surface area contributed by atoms with E-state index in [4.69, 9.17) is 16.7 Å². The standard InChI is InChI=1S/C3H5ClO5S/c4-1-2(5)9-3(1)10(6,7)8/h1-3,5H,(H,6,7,8)/p-1. The van der Waals surface area contributed by atoms with E-state index in [-0.39, 0.29) is 0 Å². The van der Waals surface area contributed by atoms with Crippen LogP contribution >= 0.6 is 11.6 Å². The van der Waals surface area contributed by atoms with Crippen LogP contribution in [0.2, 0.25) is 0 Å². The number of aliphatic hydroxyl groups excluding tert-OH is 1. The lowest BCUT2D eigenvalue weighted by Gasteiger charge is -2.38. The molecule has 60 valence electrons. The largest absolute Gasteiger partial charge is 0.746 e. The summed E-state index contributed by atoms with van der Waals surface area (Å²) >= 11 is 5.20. The van der Waals surface area contributed by atoms with E-state index in [1.54, 1.807) is 0 Å². The Kier molecular flexibility index (Phi) is 1.90. The van der Waals surface area contributed by atoms with Gasteiger partial charge in [-0.2, -0.15) is 0 Å². The molecule has 0 saturated carbocycles. The molecule has 7 heteroatoms. The van der Waals surface area contributed by atoms with Gasteiger partial charge in [0.25, 0.3) is 0 Å². The predicted molar refractivity (Wildman–Crippen MR) is 30.2 cm³/mol. The van der Waals surface area contributed by atoms with Crippen molar-refractivity contribution in [2.45, 2.75) is 17.1 Å². The third-order valence-corrected chi connectivity index (χ3v) is 2.66. The number of alkyl halides is 1. The Morgan fingerprint density at radius 1 is 1.60 bits per heavy atom. The summed E-state index contributed by atoms with van der Waals surface area (Å²) in [6.45, 7) is 0. The van der Waals surface area contributed by atoms with Gasteiger partial charge in [0.15, 0.2) is 11.7 Å². The van der Waals surface area contributed by atoms with E-state index in [1.165, 1.54) is 0 Å². The molecule has 0 bridgehead atoms. The fourth-order valence-corrected chi connectivity index (χ4v) is 1.76. The second-order valence-electron chi connectivity index (χ2n) is 1.83. The summed E-state index contributed by atoms with van der Waals surface area (Å²) in [6.07, 6.45) is -1.34. The minimum absolute atomic E-state index is 1.14. The van der Waals surface area contributed by atoms with Crippen LogP contribution in [-0.4, -0.2) is 35.2 Å². The molecule has 0 spiro atoms. The maximum absolute atomic E-state index is 10.1. The van der Waals surface area contributed by atoms with Crippen molar-refractivity contribution in [2.24, 2.45) is 0 Å². The lowest BCUT2D eigenvalue weighted by molar-refractivity contribution is -0.197. The van der Waals surface area contributed by atoms with Crippen molar-refractivity contribution in [3.05, 3.63) is 0 Å². The Labute approximate surface area is 62.3 Å². The number of ether oxygens (including phenoxy) is 1. The van der Waals surface area contributed by atoms with Gasteiger partial charge in [-0.25, -0.2) is 8.42 Å². The molecule has 0 aromatic rings. The average molecular weight is 188 g/mol. The monoisotopic (exact) mass is 187 g/mol. The van der Waals surface area contributed by atoms with Gasteiger partial charge in [-0.15, -0.1) is 11.6 Å². The molecule has 1 fully saturated rings. The van der Waals surface area contributed by atoms with Gasteiger partial charge in [0.2, 0.25) is 0 Å². The number of rotatable bonds is 1. The van der Waals surface area contributed by atoms with Crippen LogP contribution < -0.4 is 0 Å². The molecule has 1 rings (SSSR count). The highest BCUT2D eigenvalue weighted by molar-refractivity contribution is 7.86. The van der Waals surface area contributed by atoms with Gasteiger partial charge in [-0.3, -0.25) is 0 Å². The lowest BCUT2D eigenvalue weighted by Crippen LogP contribution is -2.54. The van der Waals surface area contributed by atoms with Crippen molar-refractivity contribution in [2.75, 3.05) is 0 Å². The number of hydrogen-bond donors (Lipinski definition) is 1. The maximum Gasteiger partial charge on any atom is 0.176 e. The van der Waals surface area contributed by atoms with Crippen molar-refractivity contribution < 1.29 is 22.8 Å². The average Bonchev–Trinajstić information content (AvgIpc) is 1.79. The fraction of sp³-hybridized carbons (Fsp3) is 1.00. The summed E-state index contributed by atoms with van der Waals surface area (Å²) in [5, 5.41) is 7.36. The Morgan fingerprint density at radius 3 is 2.20 bits per heavy atom. The van der Waals surface area contributed by atoms with Crippen LogP contribution in [0, 0.1) is 0 Å². The molecule has 1 aliphatic heterocycles. The highest BCUT2D eigenvalue weighted by Gasteiger charge is 2.44. The van der Waals surface area contributed by atoms with Gasteiger partial charge in [0.1, 0.15) is 15.5 Å². The van der Waals surface area contributed by atoms with Crippen molar-refractivity contribution in [1.82, 2.24) is 0 Å². The van der Waals surface area contributed by atoms with Crippen LogP contribution in [0.3, 0.4) is 0 Å². The van der Waals surface area contributed by atoms with E-state index in [9.17, 15) is 13.0 Å². The van der Waals surface area contributed by atoms with E-state index >= 15 is 0 Å². The predicted octanol–water partition coefficient (Wildman–Crippen LogP) is -1.19. The molecule has 1 N–H and O–H groups in total. The minimum Gasteiger partial charge on any atom is -0.746 e. The topological polar surface area (TPSA) is 86.7 Å². The zero-order valence-corrected chi connectivity index (χ0v) is 6.17. The summed E-state index contributed by atoms with van der Waals surface area (Å²) in [7, 11) is -4.51. The van der Waals surface area contributed by atoms with Crippen LogP contribution in [0.5, 0.6) is 0 Å². The quantitative estimate of drug-likeness (QED) is 0.412. The number of aliphatic hydroxyl groups is 1. The smallest absolute Gasteiger partial charge is 0.176 e. The first-order chi connectivity index (χ1) is 4.43. The van der Waals surface area contributed by atoms with E-state index < -0.39 is 27.2 Å². The second-order valence-corrected chi connectivity index (χ2v) is 3.79. The van der Waals surface area contributed by atoms with Gasteiger partial charge in [0.05, 0.1) is 0 Å². The van der Waals surface area contributed by atoms with E-state index in [2.05, 4.69) is 4.74 Å². The van der Waals surface area contributed by atoms with Gasteiger partial charge in [-0.1, -0.05) is 0 Å². The van der Waals surface area contributed by atoms with Gasteiger partial charge >= 0.3 is 0 Å². The molecule has 0 aromatic heterocycles. The molecule has 0 aliphatic carbocycles. The Hall–Kier alpha value is 0.120. The highest BCUT2D eigenvalue weighted by Crippen LogP contribution is 2.28. The first kappa shape index (κ1) is 8.22. The van der Waals surface area contributed by atoms with Crippen molar-refractivity contribution in [1.29, 1.82) is 0 Å². The van der Waals surface area contributed by atoms with Crippen molar-refractivity contribution in [3.63, 3.8) is 0 Å². The van der Waals surface area contributed by atoms with E-state index in [0.717, 1.165) is 0 Å². The molecule has 0 aromatic carbocycles. The van der Waals surface area contributed by atoms with Crippen molar-refractivity contribution in [3.8, 4) is 0 Å². The summed E-state index contributed by atoms with van der Waals surface area (Å²) in [5.74, 6) is 0. The summed E-state index contributed by atoms with van der Waals surface area (Å²) in [5.41, 5.74) is -1.59. The number of hydrogen-bond acceptors (Lipinski definition) is 5. The van der Waals surface area contributed by atoms with E-state index in [0.29, 0.717) is 0 Å². The zero-order chi connectivity index (χ0) is 7.94. The second kappa shape index (κ2) is 2.31. The normalized spacial score (nSPS) is 40.9. The van der Waals surface area contributed by atoms with Gasteiger partial charge in [-0.05, 0) is 0 Å². The SMILES string of the molecule is O=S(=O)([O-])C1OC(O)C1Cl. The minimum atomic E-state index is -4.51. The zero-order valence-electron chi connectivity index (χ0n) is 4.60. The first-order valence-corrected chi connectivity index (χ1v) is 4.26. The third-order valence-electron chi connectivity index (χ3n) is 1.09. The molecular weight excluding hydrogens is 184 g/mol. The van der Waals surface area contributed by atoms with Gasteiger partial charge < -0.3 is 14.4 Å². The molecule has 3 unspecified atom stereocenters. The molecule has 1 heterocycles. The highest BCUT2D eigenvalue weighted by atomic mass is 35.5. The van der Waals surface area contributed by atoms with Crippen LogP contribution in [0.25, 0.3) is 0 Å². The molecule has 10 heavy (non-hydrogen) atoms. The van der Waals surface area contributed by atoms with Crippen LogP contribution in [-0.2, 0) is 14.9 Å². The third kappa shape index (κ3) is 1.25. The maximum atomic E-state index is 10.1. The van der Waals surface area contributed by atoms with Crippen molar-refractivity contribution >= 4 is 21.7 Å². The van der Waals surface area contributed by atoms with Crippen LogP contribution in [0.15, 0.2) is 0 Å². The number of halogens is 1. The first-order valence-electron chi connectivity index (χ1n) is 2.35. The fourth-order valence-electron chi connectivity index (χ4n) is 0.560. The molecule has 1 saturated heterocycles. The molecular formula is C3H4ClO5S-. The van der Waals surface area contributed by atoms with E-state index in [1.807, 2.05) is 0 Å². The molecule has 1 aliphatic rings. The molecule has 0 amide bonds. The summed E-state index contributed by atoms with van der Waals surface area (Å²) in [4.78, 5) is 0. The summed E-state index contributed by atoms with van der Waals surface area (Å²) < 4.78 is 34.4. The lowest BCUT2D eigenvalue weighted by atomic mass is 10.3. The van der Waals surface area contributed by atoms with Crippen LogP contribution in [0.4, 0.5) is 0 Å². The van der Waals surface area contributed by atoms with Crippen LogP contribution in [0.1, 0.15) is 0 Å². The Bertz CT molecular complexity index is 223. The summed E-state index contributed by atoms with van der Waals surface area (Å²) in [6, 6.07) is 0. The molecule has 3 atom stereocenters. The Balaban J connectivity index is 2.65. The van der Waals surface area contributed by atoms with Gasteiger partial charge in [0, 0.05) is 0 Å².